The van der Waals surface area contributed by atoms with E-state index < -0.39 is 20.0 Å². The summed E-state index contributed by atoms with van der Waals surface area (Å²) in [6.07, 6.45) is 75.1. The van der Waals surface area contributed by atoms with Crippen LogP contribution in [0.1, 0.15) is 316 Å². The van der Waals surface area contributed by atoms with Crippen LogP contribution in [0.15, 0.2) is 60.8 Å². The molecule has 0 saturated carbocycles. The Bertz CT molecular complexity index is 1540. The van der Waals surface area contributed by atoms with Gasteiger partial charge < -0.3 is 19.4 Å². The van der Waals surface area contributed by atoms with Gasteiger partial charge in [-0.2, -0.15) is 0 Å². The zero-order valence-electron chi connectivity index (χ0n) is 52.9. The number of rotatable bonds is 61. The van der Waals surface area contributed by atoms with Gasteiger partial charge in [-0.3, -0.25) is 18.6 Å². The Balaban J connectivity index is 5.11. The molecule has 0 aliphatic heterocycles. The second-order valence-electron chi connectivity index (χ2n) is 24.0. The van der Waals surface area contributed by atoms with E-state index in [9.17, 15) is 19.0 Å². The number of phosphoric ester groups is 1. The molecule has 0 rings (SSSR count). The number of nitrogens with one attached hydrogen (secondary N) is 1. The molecule has 0 fully saturated rings. The highest BCUT2D eigenvalue weighted by Crippen LogP contribution is 2.43. The van der Waals surface area contributed by atoms with Crippen molar-refractivity contribution in [3.05, 3.63) is 60.8 Å². The van der Waals surface area contributed by atoms with Gasteiger partial charge in [0.25, 0.3) is 0 Å². The number of carbonyl (C=O) groups is 2. The highest BCUT2D eigenvalue weighted by molar-refractivity contribution is 7.47. The van der Waals surface area contributed by atoms with Gasteiger partial charge in [0, 0.05) is 12.8 Å². The van der Waals surface area contributed by atoms with E-state index >= 15 is 0 Å². The largest absolute Gasteiger partial charge is 0.472 e. The SMILES string of the molecule is CCCCC/C=C\C/C=C\CCCCCCCCCCCCCCCCCC(=O)NC(COP(=O)(O)OCC[N+](C)(C)C)C(/C=C\CCCCCCCCCCCCC)OC(=O)CCCCCCCC/C=C/C=C/CCCCC. The molecule has 0 heterocycles. The molecular weight excluding hydrogens is 1000 g/mol. The molecule has 0 aliphatic carbocycles. The summed E-state index contributed by atoms with van der Waals surface area (Å²) in [4.78, 5) is 37.8. The average molecular weight is 1130 g/mol. The van der Waals surface area contributed by atoms with E-state index in [4.69, 9.17) is 13.8 Å². The number of hydrogen-bond acceptors (Lipinski definition) is 6. The predicted octanol–water partition coefficient (Wildman–Crippen LogP) is 21.0. The molecule has 0 aromatic carbocycles. The van der Waals surface area contributed by atoms with Crippen LogP contribution in [0.2, 0.25) is 0 Å². The van der Waals surface area contributed by atoms with Crippen LogP contribution in [0, 0.1) is 0 Å². The highest BCUT2D eigenvalue weighted by atomic mass is 31.2. The topological polar surface area (TPSA) is 111 Å². The van der Waals surface area contributed by atoms with Gasteiger partial charge in [0.2, 0.25) is 5.91 Å². The summed E-state index contributed by atoms with van der Waals surface area (Å²) < 4.78 is 30.8. The van der Waals surface area contributed by atoms with E-state index in [1.54, 1.807) is 0 Å². The van der Waals surface area contributed by atoms with Crippen LogP contribution in [0.5, 0.6) is 0 Å². The standard InChI is InChI=1S/C69H129N2O7P/c1-7-10-13-16-19-22-25-28-30-31-32-33-34-35-36-37-38-39-41-43-46-49-52-55-58-61-68(72)70-66(65-77-79(74,75)76-64-63-71(4,5)6)67(60-57-54-51-48-45-42-27-24-21-18-15-12-9-3)78-69(73)62-59-56-53-50-47-44-40-29-26-23-20-17-14-11-8-2/h19-20,22-23,26,28-30,57,60,66-67H,7-18,21,24-25,27,31-56,58-59,61-65H2,1-6H3,(H-,70,72,74,75)/p+1/b22-19-,23-20+,29-26+,30-28-,60-57-. The summed E-state index contributed by atoms with van der Waals surface area (Å²) in [6.45, 7) is 6.98. The van der Waals surface area contributed by atoms with E-state index in [0.717, 1.165) is 83.5 Å². The number of phosphoric acid groups is 1. The molecule has 0 bridgehead atoms. The first-order valence-electron chi connectivity index (χ1n) is 33.6. The maximum Gasteiger partial charge on any atom is 0.472 e. The third kappa shape index (κ3) is 60.1. The van der Waals surface area contributed by atoms with Gasteiger partial charge in [-0.1, -0.05) is 275 Å². The van der Waals surface area contributed by atoms with E-state index in [1.807, 2.05) is 33.3 Å². The number of ether oxygens (including phenoxy) is 1. The lowest BCUT2D eigenvalue weighted by molar-refractivity contribution is -0.870. The molecule has 3 unspecified atom stereocenters. The number of nitrogens with zero attached hydrogens (tertiary/aromatic N) is 1. The lowest BCUT2D eigenvalue weighted by Crippen LogP contribution is -2.47. The minimum Gasteiger partial charge on any atom is -0.456 e. The Labute approximate surface area is 490 Å². The van der Waals surface area contributed by atoms with Crippen molar-refractivity contribution in [2.75, 3.05) is 40.9 Å². The van der Waals surface area contributed by atoms with Gasteiger partial charge in [-0.15, -0.1) is 0 Å². The normalized spacial score (nSPS) is 14.0. The predicted molar refractivity (Wildman–Crippen MR) is 342 cm³/mol. The van der Waals surface area contributed by atoms with Crippen LogP contribution in [-0.4, -0.2) is 74.3 Å². The second kappa shape index (κ2) is 58.9. The number of carbonyl (C=O) groups excluding carboxylic acids is 2. The zero-order valence-corrected chi connectivity index (χ0v) is 53.8. The fraction of sp³-hybridized carbons (Fsp3) is 0.826. The molecule has 462 valence electrons. The van der Waals surface area contributed by atoms with Crippen LogP contribution in [0.3, 0.4) is 0 Å². The number of likely N-dealkylation sites (N-methyl/N-ethyl adjacent to an activating group) is 1. The van der Waals surface area contributed by atoms with E-state index in [1.165, 1.54) is 199 Å². The van der Waals surface area contributed by atoms with Gasteiger partial charge in [0.15, 0.2) is 0 Å². The molecular formula is C69H130N2O7P+. The van der Waals surface area contributed by atoms with Crippen LogP contribution in [0.25, 0.3) is 0 Å². The molecule has 79 heavy (non-hydrogen) atoms. The van der Waals surface area contributed by atoms with Crippen LogP contribution in [-0.2, 0) is 27.9 Å². The molecule has 9 nitrogen and oxygen atoms in total. The quantitative estimate of drug-likeness (QED) is 0.0156. The van der Waals surface area contributed by atoms with E-state index in [-0.39, 0.29) is 31.5 Å². The van der Waals surface area contributed by atoms with Crippen molar-refractivity contribution in [1.29, 1.82) is 0 Å². The van der Waals surface area contributed by atoms with Crippen LogP contribution in [0.4, 0.5) is 0 Å². The van der Waals surface area contributed by atoms with Crippen molar-refractivity contribution in [2.45, 2.75) is 328 Å². The molecule has 0 aromatic rings. The smallest absolute Gasteiger partial charge is 0.456 e. The minimum atomic E-state index is -4.45. The number of unbranched alkanes of at least 4 members (excludes halogenated alkanes) is 38. The summed E-state index contributed by atoms with van der Waals surface area (Å²) in [7, 11) is 1.49. The molecule has 0 radical (unpaired) electrons. The first-order valence-corrected chi connectivity index (χ1v) is 35.1. The van der Waals surface area contributed by atoms with E-state index in [0.29, 0.717) is 17.4 Å². The maximum absolute atomic E-state index is 13.6. The van der Waals surface area contributed by atoms with Crippen molar-refractivity contribution in [3.63, 3.8) is 0 Å². The average Bonchev–Trinajstić information content (AvgIpc) is 3.41. The molecule has 0 saturated heterocycles. The highest BCUT2D eigenvalue weighted by Gasteiger charge is 2.30. The third-order valence-electron chi connectivity index (χ3n) is 15.0. The first-order chi connectivity index (χ1) is 38.4. The number of hydrogen-bond donors (Lipinski definition) is 2. The monoisotopic (exact) mass is 1130 g/mol. The fourth-order valence-corrected chi connectivity index (χ4v) is 10.5. The Morgan fingerprint density at radius 2 is 0.810 bits per heavy atom. The Kier molecular flexibility index (Phi) is 57.2. The van der Waals surface area contributed by atoms with Crippen molar-refractivity contribution in [1.82, 2.24) is 5.32 Å². The summed E-state index contributed by atoms with van der Waals surface area (Å²) in [6, 6.07) is -0.854. The molecule has 0 aliphatic rings. The van der Waals surface area contributed by atoms with Crippen molar-refractivity contribution in [3.8, 4) is 0 Å². The number of allylic oxidation sites excluding steroid dienone is 9. The second-order valence-corrected chi connectivity index (χ2v) is 25.5. The molecule has 10 heteroatoms. The molecule has 3 atom stereocenters. The molecule has 1 amide bonds. The fourth-order valence-electron chi connectivity index (χ4n) is 9.73. The van der Waals surface area contributed by atoms with Gasteiger partial charge in [-0.25, -0.2) is 4.57 Å². The summed E-state index contributed by atoms with van der Waals surface area (Å²) >= 11 is 0. The van der Waals surface area contributed by atoms with Gasteiger partial charge >= 0.3 is 13.8 Å². The van der Waals surface area contributed by atoms with Crippen molar-refractivity contribution >= 4 is 19.7 Å². The van der Waals surface area contributed by atoms with Crippen molar-refractivity contribution in [2.24, 2.45) is 0 Å². The lowest BCUT2D eigenvalue weighted by Gasteiger charge is -2.27. The van der Waals surface area contributed by atoms with E-state index in [2.05, 4.69) is 74.7 Å². The summed E-state index contributed by atoms with van der Waals surface area (Å²) in [5.74, 6) is -0.509. The van der Waals surface area contributed by atoms with Crippen LogP contribution < -0.4 is 5.32 Å². The maximum atomic E-state index is 13.6. The summed E-state index contributed by atoms with van der Waals surface area (Å²) in [5.41, 5.74) is 0. The third-order valence-corrected chi connectivity index (χ3v) is 15.9. The van der Waals surface area contributed by atoms with Crippen molar-refractivity contribution < 1.29 is 37.3 Å². The van der Waals surface area contributed by atoms with Gasteiger partial charge in [0.1, 0.15) is 19.3 Å². The van der Waals surface area contributed by atoms with Gasteiger partial charge in [0.05, 0.1) is 33.8 Å². The van der Waals surface area contributed by atoms with Gasteiger partial charge in [-0.05, 0) is 89.5 Å². The number of esters is 1. The number of quaternary nitrogens is 1. The Morgan fingerprint density at radius 3 is 1.24 bits per heavy atom. The zero-order chi connectivity index (χ0) is 57.9. The summed E-state index contributed by atoms with van der Waals surface area (Å²) in [5, 5.41) is 3.07. The molecule has 2 N–H and O–H groups in total. The Hall–Kier alpha value is -2.29. The minimum absolute atomic E-state index is 0.0382. The first kappa shape index (κ1) is 76.7. The number of amides is 1. The molecule has 0 spiro atoms. The van der Waals surface area contributed by atoms with Crippen LogP contribution >= 0.6 is 7.82 Å². The lowest BCUT2D eigenvalue weighted by atomic mass is 10.0. The molecule has 0 aromatic heterocycles. The Morgan fingerprint density at radius 1 is 0.456 bits per heavy atom.